The van der Waals surface area contributed by atoms with Gasteiger partial charge < -0.3 is 14.6 Å². The van der Waals surface area contributed by atoms with Gasteiger partial charge in [0.25, 0.3) is 0 Å². The molecule has 0 amide bonds. The molecule has 16 heavy (non-hydrogen) atoms. The molecule has 0 saturated heterocycles. The van der Waals surface area contributed by atoms with Crippen LogP contribution in [0.15, 0.2) is 18.2 Å². The number of hydrogen-bond donors (Lipinski definition) is 1. The molecule has 0 aromatic heterocycles. The third-order valence-corrected chi connectivity index (χ3v) is 3.58. The van der Waals surface area contributed by atoms with Crippen LogP contribution in [0.2, 0.25) is 0 Å². The van der Waals surface area contributed by atoms with Crippen molar-refractivity contribution in [3.05, 3.63) is 23.8 Å². The third-order valence-electron chi connectivity index (χ3n) is 3.58. The Morgan fingerprint density at radius 2 is 1.88 bits per heavy atom. The highest BCUT2D eigenvalue weighted by Gasteiger charge is 2.44. The van der Waals surface area contributed by atoms with Gasteiger partial charge in [0.1, 0.15) is 13.2 Å². The summed E-state index contributed by atoms with van der Waals surface area (Å²) in [5, 5.41) is 10.2. The number of benzene rings is 1. The van der Waals surface area contributed by atoms with Gasteiger partial charge in [0.15, 0.2) is 11.5 Å². The summed E-state index contributed by atoms with van der Waals surface area (Å²) in [5.74, 6) is 1.54. The molecule has 1 unspecified atom stereocenters. The number of rotatable bonds is 2. The highest BCUT2D eigenvalue weighted by atomic mass is 16.6. The van der Waals surface area contributed by atoms with Gasteiger partial charge >= 0.3 is 0 Å². The molecular weight excluding hydrogens is 204 g/mol. The number of aliphatic hydroxyl groups is 1. The Morgan fingerprint density at radius 3 is 2.56 bits per heavy atom. The first-order valence-electron chi connectivity index (χ1n) is 5.77. The van der Waals surface area contributed by atoms with Crippen molar-refractivity contribution >= 4 is 0 Å². The molecule has 1 aromatic carbocycles. The topological polar surface area (TPSA) is 38.7 Å². The summed E-state index contributed by atoms with van der Waals surface area (Å²) in [6, 6.07) is 5.73. The molecule has 3 heteroatoms. The lowest BCUT2D eigenvalue weighted by Crippen LogP contribution is -2.16. The number of hydrogen-bond acceptors (Lipinski definition) is 3. The lowest BCUT2D eigenvalue weighted by Gasteiger charge is -2.22. The fraction of sp³-hybridized carbons (Fsp3) is 0.538. The average Bonchev–Trinajstić information content (AvgIpc) is 3.07. The largest absolute Gasteiger partial charge is 0.486 e. The predicted molar refractivity (Wildman–Crippen MR) is 59.7 cm³/mol. The summed E-state index contributed by atoms with van der Waals surface area (Å²) >= 11 is 0. The van der Waals surface area contributed by atoms with Gasteiger partial charge in [0.05, 0.1) is 6.10 Å². The van der Waals surface area contributed by atoms with Gasteiger partial charge in [0, 0.05) is 0 Å². The zero-order valence-electron chi connectivity index (χ0n) is 9.40. The SMILES string of the molecule is CC1(C(O)c2ccc3c(c2)OCCO3)CC1. The summed E-state index contributed by atoms with van der Waals surface area (Å²) in [7, 11) is 0. The third kappa shape index (κ3) is 1.55. The zero-order chi connectivity index (χ0) is 11.2. The Balaban J connectivity index is 1.90. The maximum absolute atomic E-state index is 10.2. The molecule has 3 nitrogen and oxygen atoms in total. The van der Waals surface area contributed by atoms with E-state index < -0.39 is 0 Å². The fourth-order valence-corrected chi connectivity index (χ4v) is 2.10. The molecule has 1 aliphatic carbocycles. The van der Waals surface area contributed by atoms with Crippen molar-refractivity contribution < 1.29 is 14.6 Å². The lowest BCUT2D eigenvalue weighted by molar-refractivity contribution is 0.102. The van der Waals surface area contributed by atoms with Crippen molar-refractivity contribution in [3.8, 4) is 11.5 Å². The molecule has 0 bridgehead atoms. The van der Waals surface area contributed by atoms with Crippen molar-refractivity contribution in [2.45, 2.75) is 25.9 Å². The van der Waals surface area contributed by atoms with Crippen molar-refractivity contribution in [2.75, 3.05) is 13.2 Å². The molecule has 0 radical (unpaired) electrons. The van der Waals surface area contributed by atoms with Crippen LogP contribution in [-0.4, -0.2) is 18.3 Å². The first-order chi connectivity index (χ1) is 7.69. The van der Waals surface area contributed by atoms with E-state index in [4.69, 9.17) is 9.47 Å². The second kappa shape index (κ2) is 3.39. The van der Waals surface area contributed by atoms with Gasteiger partial charge in [-0.05, 0) is 36.0 Å². The molecule has 3 rings (SSSR count). The Hall–Kier alpha value is -1.22. The van der Waals surface area contributed by atoms with Crippen molar-refractivity contribution in [3.63, 3.8) is 0 Å². The predicted octanol–water partition coefficient (Wildman–Crippen LogP) is 2.29. The second-order valence-electron chi connectivity index (χ2n) is 4.96. The summed E-state index contributed by atoms with van der Waals surface area (Å²) < 4.78 is 11.0. The average molecular weight is 220 g/mol. The first-order valence-corrected chi connectivity index (χ1v) is 5.77. The van der Waals surface area contributed by atoms with Crippen molar-refractivity contribution in [1.82, 2.24) is 0 Å². The van der Waals surface area contributed by atoms with E-state index >= 15 is 0 Å². The van der Waals surface area contributed by atoms with Gasteiger partial charge in [-0.3, -0.25) is 0 Å². The molecule has 0 spiro atoms. The maximum atomic E-state index is 10.2. The number of fused-ring (bicyclic) bond motifs is 1. The van der Waals surface area contributed by atoms with Crippen molar-refractivity contribution in [2.24, 2.45) is 5.41 Å². The molecule has 1 aromatic rings. The Bertz CT molecular complexity index is 410. The van der Waals surface area contributed by atoms with E-state index in [1.165, 1.54) is 0 Å². The Morgan fingerprint density at radius 1 is 1.19 bits per heavy atom. The van der Waals surface area contributed by atoms with Crippen LogP contribution in [0.25, 0.3) is 0 Å². The zero-order valence-corrected chi connectivity index (χ0v) is 9.40. The van der Waals surface area contributed by atoms with E-state index in [1.54, 1.807) is 0 Å². The van der Waals surface area contributed by atoms with E-state index in [1.807, 2.05) is 18.2 Å². The smallest absolute Gasteiger partial charge is 0.161 e. The van der Waals surface area contributed by atoms with Gasteiger partial charge in [-0.2, -0.15) is 0 Å². The van der Waals surface area contributed by atoms with Crippen LogP contribution in [0.3, 0.4) is 0 Å². The van der Waals surface area contributed by atoms with Gasteiger partial charge in [0.2, 0.25) is 0 Å². The van der Waals surface area contributed by atoms with Crippen LogP contribution in [-0.2, 0) is 0 Å². The van der Waals surface area contributed by atoms with Crippen LogP contribution >= 0.6 is 0 Å². The minimum absolute atomic E-state index is 0.0732. The minimum atomic E-state index is -0.386. The normalized spacial score (nSPS) is 22.6. The second-order valence-corrected chi connectivity index (χ2v) is 4.96. The summed E-state index contributed by atoms with van der Waals surface area (Å²) in [6.07, 6.45) is 1.81. The van der Waals surface area contributed by atoms with Crippen LogP contribution < -0.4 is 9.47 Å². The lowest BCUT2D eigenvalue weighted by atomic mass is 9.94. The Labute approximate surface area is 95.0 Å². The van der Waals surface area contributed by atoms with E-state index in [2.05, 4.69) is 6.92 Å². The number of ether oxygens (including phenoxy) is 2. The minimum Gasteiger partial charge on any atom is -0.486 e. The highest BCUT2D eigenvalue weighted by molar-refractivity contribution is 5.44. The quantitative estimate of drug-likeness (QED) is 0.831. The molecule has 2 aliphatic rings. The standard InChI is InChI=1S/C13H16O3/c1-13(4-5-13)12(14)9-2-3-10-11(8-9)16-7-6-15-10/h2-3,8,12,14H,4-7H2,1H3. The molecule has 1 N–H and O–H groups in total. The van der Waals surface area contributed by atoms with Gasteiger partial charge in [-0.25, -0.2) is 0 Å². The maximum Gasteiger partial charge on any atom is 0.161 e. The Kier molecular flexibility index (Phi) is 2.11. The highest BCUT2D eigenvalue weighted by Crippen LogP contribution is 2.54. The summed E-state index contributed by atoms with van der Waals surface area (Å²) in [5.41, 5.74) is 1.01. The first kappa shape index (κ1) is 9.97. The molecule has 1 aliphatic heterocycles. The van der Waals surface area contributed by atoms with Crippen LogP contribution in [0.5, 0.6) is 11.5 Å². The van der Waals surface area contributed by atoms with Gasteiger partial charge in [-0.1, -0.05) is 13.0 Å². The number of aliphatic hydroxyl groups excluding tert-OH is 1. The molecule has 1 heterocycles. The van der Waals surface area contributed by atoms with Crippen LogP contribution in [0.1, 0.15) is 31.4 Å². The van der Waals surface area contributed by atoms with E-state index in [0.717, 1.165) is 29.9 Å². The van der Waals surface area contributed by atoms with Crippen LogP contribution in [0.4, 0.5) is 0 Å². The fourth-order valence-electron chi connectivity index (χ4n) is 2.10. The molecule has 1 atom stereocenters. The molecular formula is C13H16O3. The molecule has 1 saturated carbocycles. The summed E-state index contributed by atoms with van der Waals surface area (Å²) in [4.78, 5) is 0. The molecule has 86 valence electrons. The van der Waals surface area contributed by atoms with Crippen molar-refractivity contribution in [1.29, 1.82) is 0 Å². The molecule has 1 fully saturated rings. The summed E-state index contributed by atoms with van der Waals surface area (Å²) in [6.45, 7) is 3.31. The van der Waals surface area contributed by atoms with E-state index in [0.29, 0.717) is 13.2 Å². The van der Waals surface area contributed by atoms with Crippen LogP contribution in [0, 0.1) is 5.41 Å². The van der Waals surface area contributed by atoms with E-state index in [9.17, 15) is 5.11 Å². The monoisotopic (exact) mass is 220 g/mol. The van der Waals surface area contributed by atoms with E-state index in [-0.39, 0.29) is 11.5 Å². The van der Waals surface area contributed by atoms with Gasteiger partial charge in [-0.15, -0.1) is 0 Å².